The van der Waals surface area contributed by atoms with Gasteiger partial charge in [-0.3, -0.25) is 14.3 Å². The van der Waals surface area contributed by atoms with Crippen molar-refractivity contribution in [2.24, 2.45) is 0 Å². The van der Waals surface area contributed by atoms with Crippen molar-refractivity contribution in [3.63, 3.8) is 0 Å². The van der Waals surface area contributed by atoms with Gasteiger partial charge in [-0.15, -0.1) is 0 Å². The molecule has 0 saturated carbocycles. The summed E-state index contributed by atoms with van der Waals surface area (Å²) in [5, 5.41) is 14.5. The topological polar surface area (TPSA) is 115 Å². The van der Waals surface area contributed by atoms with Gasteiger partial charge in [-0.2, -0.15) is 10.1 Å². The van der Waals surface area contributed by atoms with Crippen molar-refractivity contribution in [2.75, 3.05) is 13.1 Å². The quantitative estimate of drug-likeness (QED) is 0.512. The van der Waals surface area contributed by atoms with Crippen molar-refractivity contribution in [1.29, 1.82) is 0 Å². The summed E-state index contributed by atoms with van der Waals surface area (Å²) in [6.45, 7) is 4.14. The first-order chi connectivity index (χ1) is 14.3. The summed E-state index contributed by atoms with van der Waals surface area (Å²) in [6.07, 6.45) is 0. The summed E-state index contributed by atoms with van der Waals surface area (Å²) in [5.41, 5.74) is 1.71. The first-order valence-corrected chi connectivity index (χ1v) is 9.93. The van der Waals surface area contributed by atoms with E-state index in [9.17, 15) is 9.59 Å². The van der Waals surface area contributed by atoms with Crippen LogP contribution < -0.4 is 10.6 Å². The lowest BCUT2D eigenvalue weighted by atomic mass is 10.2. The van der Waals surface area contributed by atoms with Crippen LogP contribution in [0.3, 0.4) is 0 Å². The predicted octanol–water partition coefficient (Wildman–Crippen LogP) is 3.05. The van der Waals surface area contributed by atoms with Gasteiger partial charge in [0.25, 0.3) is 5.91 Å². The highest BCUT2D eigenvalue weighted by atomic mass is 35.5. The van der Waals surface area contributed by atoms with E-state index in [4.69, 9.17) is 39.3 Å². The molecule has 0 unspecified atom stereocenters. The maximum absolute atomic E-state index is 12.1. The Balaban J connectivity index is 1.49. The number of benzene rings is 1. The maximum Gasteiger partial charge on any atom is 0.316 e. The van der Waals surface area contributed by atoms with Crippen LogP contribution in [0.2, 0.25) is 15.1 Å². The zero-order chi connectivity index (χ0) is 21.8. The second-order valence-corrected chi connectivity index (χ2v) is 7.52. The number of carbonyl (C=O) groups is 2. The molecule has 3 rings (SSSR count). The molecule has 3 aromatic rings. The van der Waals surface area contributed by atoms with Crippen molar-refractivity contribution in [3.8, 4) is 0 Å². The molecule has 2 N–H and O–H groups in total. The van der Waals surface area contributed by atoms with Crippen LogP contribution in [-0.2, 0) is 6.54 Å². The molecular weight excluding hydrogens is 455 g/mol. The first-order valence-electron chi connectivity index (χ1n) is 8.79. The SMILES string of the molecule is Cc1nn(Cc2noc(C(=O)NCCNC(=O)c3cc(Cl)ccc3Cl)n2)c(C)c1Cl. The van der Waals surface area contributed by atoms with Gasteiger partial charge in [-0.05, 0) is 32.0 Å². The molecule has 2 heterocycles. The van der Waals surface area contributed by atoms with Crippen LogP contribution >= 0.6 is 34.8 Å². The van der Waals surface area contributed by atoms with Crippen LogP contribution in [0.1, 0.15) is 38.3 Å². The minimum absolute atomic E-state index is 0.146. The van der Waals surface area contributed by atoms with Gasteiger partial charge in [-0.25, -0.2) is 0 Å². The number of amides is 2. The van der Waals surface area contributed by atoms with Gasteiger partial charge in [0.1, 0.15) is 6.54 Å². The number of aromatic nitrogens is 4. The van der Waals surface area contributed by atoms with Crippen molar-refractivity contribution in [2.45, 2.75) is 20.4 Å². The van der Waals surface area contributed by atoms with Gasteiger partial charge >= 0.3 is 11.8 Å². The normalized spacial score (nSPS) is 10.8. The van der Waals surface area contributed by atoms with Crippen LogP contribution in [0.4, 0.5) is 0 Å². The third kappa shape index (κ3) is 5.10. The number of nitrogens with zero attached hydrogens (tertiary/aromatic N) is 4. The first kappa shape index (κ1) is 22.1. The van der Waals surface area contributed by atoms with E-state index in [-0.39, 0.29) is 41.9 Å². The molecule has 158 valence electrons. The predicted molar refractivity (Wildman–Crippen MR) is 111 cm³/mol. The third-order valence-corrected chi connectivity index (χ3v) is 5.23. The summed E-state index contributed by atoms with van der Waals surface area (Å²) in [7, 11) is 0. The Kier molecular flexibility index (Phi) is 6.96. The summed E-state index contributed by atoms with van der Waals surface area (Å²) < 4.78 is 6.61. The van der Waals surface area contributed by atoms with E-state index >= 15 is 0 Å². The fourth-order valence-corrected chi connectivity index (χ4v) is 3.08. The second kappa shape index (κ2) is 9.46. The van der Waals surface area contributed by atoms with Gasteiger partial charge in [0.2, 0.25) is 0 Å². The van der Waals surface area contributed by atoms with E-state index in [0.717, 1.165) is 5.69 Å². The van der Waals surface area contributed by atoms with Crippen LogP contribution in [0.5, 0.6) is 0 Å². The molecule has 0 fully saturated rings. The summed E-state index contributed by atoms with van der Waals surface area (Å²) in [5.74, 6) is -0.872. The number of carbonyl (C=O) groups excluding carboxylic acids is 2. The second-order valence-electron chi connectivity index (χ2n) is 6.29. The average Bonchev–Trinajstić information content (AvgIpc) is 3.28. The molecule has 9 nitrogen and oxygen atoms in total. The number of hydrogen-bond acceptors (Lipinski definition) is 6. The lowest BCUT2D eigenvalue weighted by Crippen LogP contribution is -2.35. The highest BCUT2D eigenvalue weighted by Crippen LogP contribution is 2.20. The highest BCUT2D eigenvalue weighted by Gasteiger charge is 2.17. The lowest BCUT2D eigenvalue weighted by Gasteiger charge is -2.07. The van der Waals surface area contributed by atoms with Crippen LogP contribution in [0.15, 0.2) is 22.7 Å². The molecule has 0 aliphatic heterocycles. The molecule has 0 bridgehead atoms. The molecule has 1 aromatic carbocycles. The van der Waals surface area contributed by atoms with E-state index < -0.39 is 11.8 Å². The summed E-state index contributed by atoms with van der Waals surface area (Å²) in [4.78, 5) is 28.3. The molecule has 0 aliphatic carbocycles. The lowest BCUT2D eigenvalue weighted by molar-refractivity contribution is 0.0898. The Morgan fingerprint density at radius 2 is 1.80 bits per heavy atom. The van der Waals surface area contributed by atoms with Gasteiger partial charge < -0.3 is 15.2 Å². The molecule has 0 radical (unpaired) electrons. The number of halogens is 3. The van der Waals surface area contributed by atoms with E-state index in [1.165, 1.54) is 12.1 Å². The standard InChI is InChI=1S/C18H17Cl3N6O3/c1-9-15(21)10(2)27(25-9)8-14-24-18(30-26-14)17(29)23-6-5-22-16(28)12-7-11(19)3-4-13(12)20/h3-4,7H,5-6,8H2,1-2H3,(H,22,28)(H,23,29). The van der Waals surface area contributed by atoms with Crippen LogP contribution in [0.25, 0.3) is 0 Å². The van der Waals surface area contributed by atoms with Crippen LogP contribution in [-0.4, -0.2) is 44.8 Å². The molecule has 0 aliphatic rings. The zero-order valence-corrected chi connectivity index (χ0v) is 18.3. The molecule has 0 saturated heterocycles. The molecule has 0 atom stereocenters. The molecule has 0 spiro atoms. The number of rotatable bonds is 7. The summed E-state index contributed by atoms with van der Waals surface area (Å²) >= 11 is 18.0. The van der Waals surface area contributed by atoms with Crippen molar-refractivity contribution >= 4 is 46.6 Å². The minimum Gasteiger partial charge on any atom is -0.350 e. The van der Waals surface area contributed by atoms with Gasteiger partial charge in [0, 0.05) is 18.1 Å². The van der Waals surface area contributed by atoms with Crippen molar-refractivity contribution in [1.82, 2.24) is 30.6 Å². The van der Waals surface area contributed by atoms with Gasteiger partial charge in [0.15, 0.2) is 5.82 Å². The van der Waals surface area contributed by atoms with E-state index in [1.807, 2.05) is 6.92 Å². The number of nitrogens with one attached hydrogen (secondary N) is 2. The smallest absolute Gasteiger partial charge is 0.316 e. The van der Waals surface area contributed by atoms with Crippen LogP contribution in [0, 0.1) is 13.8 Å². The van der Waals surface area contributed by atoms with E-state index in [0.29, 0.717) is 15.7 Å². The Labute approximate surface area is 186 Å². The van der Waals surface area contributed by atoms with E-state index in [2.05, 4.69) is 25.9 Å². The third-order valence-electron chi connectivity index (χ3n) is 4.12. The van der Waals surface area contributed by atoms with Gasteiger partial charge in [0.05, 0.1) is 27.0 Å². The molecule has 2 amide bonds. The fraction of sp³-hybridized carbons (Fsp3) is 0.278. The zero-order valence-electron chi connectivity index (χ0n) is 16.0. The minimum atomic E-state index is -0.560. The Morgan fingerprint density at radius 1 is 1.10 bits per heavy atom. The monoisotopic (exact) mass is 470 g/mol. The Morgan fingerprint density at radius 3 is 2.47 bits per heavy atom. The highest BCUT2D eigenvalue weighted by molar-refractivity contribution is 6.35. The fourth-order valence-electron chi connectivity index (χ4n) is 2.57. The van der Waals surface area contributed by atoms with Crippen molar-refractivity contribution < 1.29 is 14.1 Å². The molecule has 2 aromatic heterocycles. The summed E-state index contributed by atoms with van der Waals surface area (Å²) in [6, 6.07) is 4.59. The van der Waals surface area contributed by atoms with Gasteiger partial charge in [-0.1, -0.05) is 40.0 Å². The average molecular weight is 472 g/mol. The molecule has 12 heteroatoms. The maximum atomic E-state index is 12.1. The Bertz CT molecular complexity index is 1100. The molecule has 30 heavy (non-hydrogen) atoms. The number of hydrogen-bond donors (Lipinski definition) is 2. The molecular formula is C18H17Cl3N6O3. The Hall–Kier alpha value is -2.62. The van der Waals surface area contributed by atoms with E-state index in [1.54, 1.807) is 17.7 Å². The largest absolute Gasteiger partial charge is 0.350 e. The number of aryl methyl sites for hydroxylation is 1. The van der Waals surface area contributed by atoms with Crippen molar-refractivity contribution in [3.05, 3.63) is 61.9 Å².